The Morgan fingerprint density at radius 1 is 1.30 bits per heavy atom. The Kier molecular flexibility index (Phi) is 6.22. The van der Waals surface area contributed by atoms with Gasteiger partial charge in [-0.2, -0.15) is 0 Å². The Morgan fingerprint density at radius 3 is 2.50 bits per heavy atom. The molecule has 0 saturated carbocycles. The van der Waals surface area contributed by atoms with Gasteiger partial charge in [0.05, 0.1) is 0 Å². The third kappa shape index (κ3) is 4.97. The average Bonchev–Trinajstić information content (AvgIpc) is 2.36. The van der Waals surface area contributed by atoms with Crippen LogP contribution in [0.5, 0.6) is 0 Å². The maximum atomic E-state index is 11.8. The number of aliphatic carboxylic acids is 1. The molecule has 0 aromatic heterocycles. The lowest BCUT2D eigenvalue weighted by Crippen LogP contribution is -2.56. The summed E-state index contributed by atoms with van der Waals surface area (Å²) in [6.45, 7) is 6.92. The number of carbonyl (C=O) groups excluding carboxylic acids is 1. The van der Waals surface area contributed by atoms with E-state index in [4.69, 9.17) is 5.11 Å². The molecule has 1 heterocycles. The van der Waals surface area contributed by atoms with E-state index in [-0.39, 0.29) is 12.0 Å². The van der Waals surface area contributed by atoms with E-state index < -0.39 is 18.0 Å². The van der Waals surface area contributed by atoms with Crippen molar-refractivity contribution in [1.82, 2.24) is 20.4 Å². The molecule has 116 valence electrons. The van der Waals surface area contributed by atoms with E-state index in [1.807, 2.05) is 7.05 Å². The fraction of sp³-hybridized carbons (Fsp3) is 0.846. The number of nitrogens with zero attached hydrogens (tertiary/aromatic N) is 2. The summed E-state index contributed by atoms with van der Waals surface area (Å²) in [7, 11) is 4.09. The molecule has 1 fully saturated rings. The largest absolute Gasteiger partial charge is 0.480 e. The molecule has 7 nitrogen and oxygen atoms in total. The second-order valence-corrected chi connectivity index (χ2v) is 5.81. The van der Waals surface area contributed by atoms with E-state index in [1.165, 1.54) is 0 Å². The Labute approximate surface area is 120 Å². The van der Waals surface area contributed by atoms with Gasteiger partial charge in [0.25, 0.3) is 0 Å². The molecule has 20 heavy (non-hydrogen) atoms. The minimum Gasteiger partial charge on any atom is -0.480 e. The molecule has 0 aromatic carbocycles. The highest BCUT2D eigenvalue weighted by atomic mass is 16.4. The van der Waals surface area contributed by atoms with Crippen molar-refractivity contribution >= 4 is 12.0 Å². The van der Waals surface area contributed by atoms with Crippen molar-refractivity contribution in [3.8, 4) is 0 Å². The molecule has 0 radical (unpaired) electrons. The van der Waals surface area contributed by atoms with Gasteiger partial charge in [-0.1, -0.05) is 13.8 Å². The van der Waals surface area contributed by atoms with Crippen molar-refractivity contribution in [2.24, 2.45) is 5.92 Å². The fourth-order valence-corrected chi connectivity index (χ4v) is 2.24. The summed E-state index contributed by atoms with van der Waals surface area (Å²) in [5.74, 6) is -1.16. The van der Waals surface area contributed by atoms with E-state index in [1.54, 1.807) is 13.8 Å². The van der Waals surface area contributed by atoms with Crippen molar-refractivity contribution in [2.75, 3.05) is 40.3 Å². The Hall–Kier alpha value is -1.34. The second kappa shape index (κ2) is 7.44. The van der Waals surface area contributed by atoms with Crippen LogP contribution in [0.2, 0.25) is 0 Å². The third-order valence-electron chi connectivity index (χ3n) is 3.70. The first-order chi connectivity index (χ1) is 9.31. The van der Waals surface area contributed by atoms with Gasteiger partial charge in [-0.3, -0.25) is 4.90 Å². The number of rotatable bonds is 5. The normalized spacial score (nSPS) is 22.6. The predicted octanol–water partition coefficient (Wildman–Crippen LogP) is -0.359. The number of hydrogen-bond acceptors (Lipinski definition) is 4. The molecule has 7 heteroatoms. The highest BCUT2D eigenvalue weighted by Crippen LogP contribution is 2.05. The van der Waals surface area contributed by atoms with E-state index in [0.29, 0.717) is 6.54 Å². The number of amides is 2. The molecule has 1 saturated heterocycles. The molecule has 2 amide bonds. The molecule has 0 spiro atoms. The molecule has 1 aliphatic rings. The smallest absolute Gasteiger partial charge is 0.326 e. The van der Waals surface area contributed by atoms with Crippen LogP contribution in [-0.2, 0) is 4.79 Å². The molecule has 2 unspecified atom stereocenters. The average molecular weight is 286 g/mol. The van der Waals surface area contributed by atoms with Gasteiger partial charge < -0.3 is 20.6 Å². The highest BCUT2D eigenvalue weighted by molar-refractivity contribution is 5.82. The lowest BCUT2D eigenvalue weighted by Gasteiger charge is -2.37. The first-order valence-corrected chi connectivity index (χ1v) is 6.97. The lowest BCUT2D eigenvalue weighted by molar-refractivity contribution is -0.140. The van der Waals surface area contributed by atoms with Crippen LogP contribution in [0.1, 0.15) is 13.8 Å². The number of carboxylic acids is 1. The molecule has 1 aliphatic heterocycles. The number of likely N-dealkylation sites (N-methyl/N-ethyl adjacent to an activating group) is 2. The standard InChI is InChI=1S/C13H26N4O3/c1-9(2)11(12(18)19)15-13(20)14-7-10-8-16(3)5-6-17(10)4/h9-11H,5-8H2,1-4H3,(H,18,19)(H2,14,15,20). The Bertz CT molecular complexity index is 349. The SMILES string of the molecule is CC(C)C(NC(=O)NCC1CN(C)CCN1C)C(=O)O. The maximum Gasteiger partial charge on any atom is 0.326 e. The summed E-state index contributed by atoms with van der Waals surface area (Å²) in [6.07, 6.45) is 0. The van der Waals surface area contributed by atoms with E-state index >= 15 is 0 Å². The quantitative estimate of drug-likeness (QED) is 0.643. The third-order valence-corrected chi connectivity index (χ3v) is 3.70. The minimum absolute atomic E-state index is 0.151. The molecule has 2 atom stereocenters. The second-order valence-electron chi connectivity index (χ2n) is 5.81. The van der Waals surface area contributed by atoms with Gasteiger partial charge in [0.2, 0.25) is 0 Å². The van der Waals surface area contributed by atoms with Crippen molar-refractivity contribution in [2.45, 2.75) is 25.9 Å². The van der Waals surface area contributed by atoms with Crippen LogP contribution in [-0.4, -0.2) is 79.3 Å². The minimum atomic E-state index is -1.01. The van der Waals surface area contributed by atoms with Crippen LogP contribution in [0.25, 0.3) is 0 Å². The maximum absolute atomic E-state index is 11.8. The summed E-state index contributed by atoms with van der Waals surface area (Å²) in [5.41, 5.74) is 0. The topological polar surface area (TPSA) is 84.9 Å². The van der Waals surface area contributed by atoms with E-state index in [9.17, 15) is 9.59 Å². The van der Waals surface area contributed by atoms with Gasteiger partial charge >= 0.3 is 12.0 Å². The van der Waals surface area contributed by atoms with Crippen LogP contribution < -0.4 is 10.6 Å². The molecule has 0 bridgehead atoms. The van der Waals surface area contributed by atoms with Crippen LogP contribution in [0.4, 0.5) is 4.79 Å². The van der Waals surface area contributed by atoms with E-state index in [0.717, 1.165) is 19.6 Å². The van der Waals surface area contributed by atoms with Gasteiger partial charge in [0.15, 0.2) is 0 Å². The van der Waals surface area contributed by atoms with Gasteiger partial charge in [0.1, 0.15) is 6.04 Å². The number of hydrogen-bond donors (Lipinski definition) is 3. The molecule has 3 N–H and O–H groups in total. The van der Waals surface area contributed by atoms with Crippen LogP contribution in [0.3, 0.4) is 0 Å². The van der Waals surface area contributed by atoms with Crippen molar-refractivity contribution in [1.29, 1.82) is 0 Å². The summed E-state index contributed by atoms with van der Waals surface area (Å²) in [4.78, 5) is 27.2. The number of carbonyl (C=O) groups is 2. The van der Waals surface area contributed by atoms with Gasteiger partial charge in [-0.05, 0) is 20.0 Å². The Morgan fingerprint density at radius 2 is 1.95 bits per heavy atom. The zero-order valence-corrected chi connectivity index (χ0v) is 12.7. The molecular formula is C13H26N4O3. The van der Waals surface area contributed by atoms with Crippen LogP contribution in [0.15, 0.2) is 0 Å². The first kappa shape index (κ1) is 16.7. The number of piperazine rings is 1. The molecule has 0 aromatic rings. The van der Waals surface area contributed by atoms with E-state index in [2.05, 4.69) is 27.5 Å². The number of nitrogens with one attached hydrogen (secondary N) is 2. The van der Waals surface area contributed by atoms with Crippen LogP contribution >= 0.6 is 0 Å². The molecular weight excluding hydrogens is 260 g/mol. The lowest BCUT2D eigenvalue weighted by atomic mass is 10.1. The zero-order valence-electron chi connectivity index (χ0n) is 12.7. The van der Waals surface area contributed by atoms with Crippen molar-refractivity contribution < 1.29 is 14.7 Å². The summed E-state index contributed by atoms with van der Waals surface area (Å²) >= 11 is 0. The highest BCUT2D eigenvalue weighted by Gasteiger charge is 2.25. The number of carboxylic acid groups (broad SMARTS) is 1. The predicted molar refractivity (Wildman–Crippen MR) is 76.7 cm³/mol. The molecule has 1 rings (SSSR count). The monoisotopic (exact) mass is 286 g/mol. The Balaban J connectivity index is 2.40. The van der Waals surface area contributed by atoms with Crippen molar-refractivity contribution in [3.63, 3.8) is 0 Å². The summed E-state index contributed by atoms with van der Waals surface area (Å²) in [6, 6.07) is -1.03. The zero-order chi connectivity index (χ0) is 15.3. The fourth-order valence-electron chi connectivity index (χ4n) is 2.24. The summed E-state index contributed by atoms with van der Waals surface area (Å²) < 4.78 is 0. The van der Waals surface area contributed by atoms with Crippen LogP contribution in [0, 0.1) is 5.92 Å². The molecule has 0 aliphatic carbocycles. The first-order valence-electron chi connectivity index (χ1n) is 6.97. The number of urea groups is 1. The van der Waals surface area contributed by atoms with Gasteiger partial charge in [-0.15, -0.1) is 0 Å². The van der Waals surface area contributed by atoms with Gasteiger partial charge in [0, 0.05) is 32.2 Å². The summed E-state index contributed by atoms with van der Waals surface area (Å²) in [5, 5.41) is 14.3. The van der Waals surface area contributed by atoms with Crippen molar-refractivity contribution in [3.05, 3.63) is 0 Å². The van der Waals surface area contributed by atoms with Gasteiger partial charge in [-0.25, -0.2) is 9.59 Å².